The topological polar surface area (TPSA) is 68.5 Å². The molecule has 0 spiro atoms. The average Bonchev–Trinajstić information content (AvgIpc) is 2.67. The first-order chi connectivity index (χ1) is 8.52. The Balaban J connectivity index is 2.61. The predicted octanol–water partition coefficient (Wildman–Crippen LogP) is 2.28. The molecule has 1 N–H and O–H groups in total. The van der Waals surface area contributed by atoms with Gasteiger partial charge in [0.05, 0.1) is 12.7 Å². The van der Waals surface area contributed by atoms with E-state index in [9.17, 15) is 9.59 Å². The van der Waals surface area contributed by atoms with Crippen LogP contribution in [-0.4, -0.2) is 28.7 Å². The smallest absolute Gasteiger partial charge is 0.337 e. The molecule has 0 bridgehead atoms. The third-order valence-corrected chi connectivity index (χ3v) is 3.09. The highest BCUT2D eigenvalue weighted by atomic mass is 79.9. The fourth-order valence-corrected chi connectivity index (χ4v) is 2.14. The number of hydrogen-bond acceptors (Lipinski definition) is 3. The number of carboxylic acid groups (broad SMARTS) is 1. The first-order valence-corrected chi connectivity index (χ1v) is 5.90. The van der Waals surface area contributed by atoms with Gasteiger partial charge in [-0.3, -0.25) is 4.79 Å². The summed E-state index contributed by atoms with van der Waals surface area (Å²) in [5.41, 5.74) is 0.844. The zero-order valence-electron chi connectivity index (χ0n) is 9.51. The number of halogens is 1. The highest BCUT2D eigenvalue weighted by molar-refractivity contribution is 9.10. The summed E-state index contributed by atoms with van der Waals surface area (Å²) in [6, 6.07) is 5.27. The molecule has 94 valence electrons. The van der Waals surface area contributed by atoms with Gasteiger partial charge in [0.2, 0.25) is 0 Å². The number of ether oxygens (including phenoxy) is 1. The van der Waals surface area contributed by atoms with Crippen LogP contribution in [0.15, 0.2) is 28.9 Å². The molecule has 0 amide bonds. The summed E-state index contributed by atoms with van der Waals surface area (Å²) in [4.78, 5) is 22.4. The van der Waals surface area contributed by atoms with Crippen molar-refractivity contribution >= 4 is 38.8 Å². The maximum absolute atomic E-state index is 11.3. The molecule has 2 rings (SSSR count). The van der Waals surface area contributed by atoms with Gasteiger partial charge in [0, 0.05) is 21.6 Å². The van der Waals surface area contributed by atoms with Gasteiger partial charge >= 0.3 is 11.9 Å². The number of carbonyl (C=O) groups excluding carboxylic acids is 1. The summed E-state index contributed by atoms with van der Waals surface area (Å²) in [6.45, 7) is -0.0120. The Bertz CT molecular complexity index is 632. The lowest BCUT2D eigenvalue weighted by Gasteiger charge is -2.03. The number of aromatic carboxylic acids is 1. The first-order valence-electron chi connectivity index (χ1n) is 5.11. The zero-order valence-corrected chi connectivity index (χ0v) is 11.1. The average molecular weight is 312 g/mol. The molecule has 0 saturated carbocycles. The standard InChI is InChI=1S/C12H10BrNO4/c1-18-11(15)6-14-5-9(12(16)17)8-4-7(13)2-3-10(8)14/h2-5H,6H2,1H3,(H,16,17). The molecule has 0 saturated heterocycles. The largest absolute Gasteiger partial charge is 0.478 e. The van der Waals surface area contributed by atoms with E-state index < -0.39 is 11.9 Å². The van der Waals surface area contributed by atoms with Crippen molar-refractivity contribution in [2.75, 3.05) is 7.11 Å². The van der Waals surface area contributed by atoms with Crippen LogP contribution in [0.5, 0.6) is 0 Å². The monoisotopic (exact) mass is 311 g/mol. The van der Waals surface area contributed by atoms with Gasteiger partial charge in [-0.25, -0.2) is 4.79 Å². The van der Waals surface area contributed by atoms with E-state index in [1.807, 2.05) is 0 Å². The number of fused-ring (bicyclic) bond motifs is 1. The number of aromatic nitrogens is 1. The third-order valence-electron chi connectivity index (χ3n) is 2.60. The fraction of sp³-hybridized carbons (Fsp3) is 0.167. The van der Waals surface area contributed by atoms with Gasteiger partial charge in [0.15, 0.2) is 0 Å². The van der Waals surface area contributed by atoms with Crippen LogP contribution in [0.2, 0.25) is 0 Å². The fourth-order valence-electron chi connectivity index (χ4n) is 1.77. The van der Waals surface area contributed by atoms with Gasteiger partial charge in [-0.05, 0) is 18.2 Å². The van der Waals surface area contributed by atoms with Gasteiger partial charge in [-0.15, -0.1) is 0 Å². The summed E-state index contributed by atoms with van der Waals surface area (Å²) in [7, 11) is 1.29. The van der Waals surface area contributed by atoms with Gasteiger partial charge in [-0.2, -0.15) is 0 Å². The molecule has 0 aliphatic carbocycles. The second kappa shape index (κ2) is 4.81. The molecule has 18 heavy (non-hydrogen) atoms. The second-order valence-corrected chi connectivity index (χ2v) is 4.63. The van der Waals surface area contributed by atoms with Crippen LogP contribution < -0.4 is 0 Å². The van der Waals surface area contributed by atoms with Crippen LogP contribution in [0.3, 0.4) is 0 Å². The number of carboxylic acids is 1. The molecule has 0 radical (unpaired) electrons. The van der Waals surface area contributed by atoms with Gasteiger partial charge in [0.1, 0.15) is 6.54 Å². The molecule has 0 aliphatic heterocycles. The number of benzene rings is 1. The van der Waals surface area contributed by atoms with Gasteiger partial charge in [0.25, 0.3) is 0 Å². The van der Waals surface area contributed by atoms with E-state index in [1.165, 1.54) is 13.3 Å². The molecule has 1 aromatic heterocycles. The Hall–Kier alpha value is -1.82. The number of esters is 1. The summed E-state index contributed by atoms with van der Waals surface area (Å²) < 4.78 is 6.93. The summed E-state index contributed by atoms with van der Waals surface area (Å²) >= 11 is 3.30. The van der Waals surface area contributed by atoms with Gasteiger partial charge in [-0.1, -0.05) is 15.9 Å². The number of nitrogens with zero attached hydrogens (tertiary/aromatic N) is 1. The minimum absolute atomic E-state index is 0.0120. The van der Waals surface area contributed by atoms with Crippen molar-refractivity contribution in [3.05, 3.63) is 34.4 Å². The predicted molar refractivity (Wildman–Crippen MR) is 68.6 cm³/mol. The van der Waals surface area contributed by atoms with Crippen molar-refractivity contribution in [2.24, 2.45) is 0 Å². The van der Waals surface area contributed by atoms with E-state index in [-0.39, 0.29) is 12.1 Å². The Morgan fingerprint density at radius 3 is 2.78 bits per heavy atom. The molecular formula is C12H10BrNO4. The van der Waals surface area contributed by atoms with Crippen LogP contribution in [-0.2, 0) is 16.1 Å². The van der Waals surface area contributed by atoms with Gasteiger partial charge < -0.3 is 14.4 Å². The van der Waals surface area contributed by atoms with Crippen LogP contribution in [0, 0.1) is 0 Å². The summed E-state index contributed by atoms with van der Waals surface area (Å²) in [5, 5.41) is 9.72. The number of hydrogen-bond donors (Lipinski definition) is 1. The molecule has 0 aliphatic rings. The van der Waals surface area contributed by atoms with E-state index in [4.69, 9.17) is 5.11 Å². The molecule has 0 fully saturated rings. The normalized spacial score (nSPS) is 10.6. The number of methoxy groups -OCH3 is 1. The van der Waals surface area contributed by atoms with E-state index in [0.29, 0.717) is 10.9 Å². The van der Waals surface area contributed by atoms with E-state index in [2.05, 4.69) is 20.7 Å². The molecule has 6 heteroatoms. The summed E-state index contributed by atoms with van der Waals surface area (Å²) in [5.74, 6) is -1.45. The Labute approximate surface area is 111 Å². The summed E-state index contributed by atoms with van der Waals surface area (Å²) in [6.07, 6.45) is 1.44. The number of rotatable bonds is 3. The number of carbonyl (C=O) groups is 2. The zero-order chi connectivity index (χ0) is 13.3. The van der Waals surface area contributed by atoms with Crippen molar-refractivity contribution in [2.45, 2.75) is 6.54 Å². The van der Waals surface area contributed by atoms with E-state index in [1.54, 1.807) is 22.8 Å². The molecule has 0 unspecified atom stereocenters. The molecule has 2 aromatic rings. The maximum Gasteiger partial charge on any atom is 0.337 e. The lowest BCUT2D eigenvalue weighted by atomic mass is 10.2. The molecule has 1 aromatic carbocycles. The van der Waals surface area contributed by atoms with Crippen molar-refractivity contribution < 1.29 is 19.4 Å². The minimum atomic E-state index is -1.03. The van der Waals surface area contributed by atoms with E-state index in [0.717, 1.165) is 4.47 Å². The Morgan fingerprint density at radius 2 is 2.17 bits per heavy atom. The quantitative estimate of drug-likeness (QED) is 0.883. The highest BCUT2D eigenvalue weighted by Crippen LogP contribution is 2.25. The Morgan fingerprint density at radius 1 is 1.44 bits per heavy atom. The lowest BCUT2D eigenvalue weighted by molar-refractivity contribution is -0.141. The minimum Gasteiger partial charge on any atom is -0.478 e. The Kier molecular flexibility index (Phi) is 3.38. The van der Waals surface area contributed by atoms with E-state index >= 15 is 0 Å². The third kappa shape index (κ3) is 2.24. The lowest BCUT2D eigenvalue weighted by Crippen LogP contribution is -2.10. The second-order valence-electron chi connectivity index (χ2n) is 3.71. The first kappa shape index (κ1) is 12.6. The van der Waals surface area contributed by atoms with Crippen LogP contribution in [0.1, 0.15) is 10.4 Å². The van der Waals surface area contributed by atoms with Crippen molar-refractivity contribution in [1.82, 2.24) is 4.57 Å². The highest BCUT2D eigenvalue weighted by Gasteiger charge is 2.15. The van der Waals surface area contributed by atoms with Crippen molar-refractivity contribution in [3.63, 3.8) is 0 Å². The molecular weight excluding hydrogens is 302 g/mol. The maximum atomic E-state index is 11.3. The molecule has 1 heterocycles. The van der Waals surface area contributed by atoms with Crippen LogP contribution in [0.4, 0.5) is 0 Å². The van der Waals surface area contributed by atoms with Crippen LogP contribution in [0.25, 0.3) is 10.9 Å². The van der Waals surface area contributed by atoms with Crippen molar-refractivity contribution in [1.29, 1.82) is 0 Å². The van der Waals surface area contributed by atoms with Crippen molar-refractivity contribution in [3.8, 4) is 0 Å². The SMILES string of the molecule is COC(=O)Cn1cc(C(=O)O)c2cc(Br)ccc21. The molecule has 0 atom stereocenters. The van der Waals surface area contributed by atoms with Crippen LogP contribution >= 0.6 is 15.9 Å². The molecule has 5 nitrogen and oxygen atoms in total.